The van der Waals surface area contributed by atoms with E-state index < -0.39 is 10.0 Å². The minimum atomic E-state index is -3.31. The molecule has 34 heavy (non-hydrogen) atoms. The van der Waals surface area contributed by atoms with E-state index in [9.17, 15) is 18.5 Å². The average molecular weight is 481 g/mol. The molecule has 178 valence electrons. The normalized spacial score (nSPS) is 21.5. The quantitative estimate of drug-likeness (QED) is 0.555. The first-order valence-corrected chi connectivity index (χ1v) is 13.4. The van der Waals surface area contributed by atoms with Crippen molar-refractivity contribution >= 4 is 32.4 Å². The van der Waals surface area contributed by atoms with Crippen molar-refractivity contribution in [1.82, 2.24) is 19.1 Å². The van der Waals surface area contributed by atoms with Crippen LogP contribution in [-0.4, -0.2) is 40.6 Å². The molecular weight excluding hydrogens is 452 g/mol. The summed E-state index contributed by atoms with van der Waals surface area (Å²) in [4.78, 5) is 15.4. The third-order valence-electron chi connectivity index (χ3n) is 6.86. The Hall–Kier alpha value is -3.16. The minimum Gasteiger partial charge on any atom is -0.338 e. The molecule has 2 aliphatic rings. The van der Waals surface area contributed by atoms with Crippen molar-refractivity contribution in [2.45, 2.75) is 50.3 Å². The summed E-state index contributed by atoms with van der Waals surface area (Å²) >= 11 is 0. The molecule has 5 rings (SSSR count). The lowest BCUT2D eigenvalue weighted by atomic mass is 9.85. The first-order valence-electron chi connectivity index (χ1n) is 11.8. The van der Waals surface area contributed by atoms with Crippen LogP contribution in [0, 0.1) is 17.2 Å². The highest BCUT2D eigenvalue weighted by Gasteiger charge is 2.30. The van der Waals surface area contributed by atoms with E-state index in [1.54, 1.807) is 34.8 Å². The van der Waals surface area contributed by atoms with Crippen LogP contribution in [0.2, 0.25) is 0 Å². The van der Waals surface area contributed by atoms with E-state index in [0.29, 0.717) is 41.1 Å². The Morgan fingerprint density at radius 2 is 1.82 bits per heavy atom. The lowest BCUT2D eigenvalue weighted by Crippen LogP contribution is -2.29. The fraction of sp³-hybridized carbons (Fsp3) is 0.458. The summed E-state index contributed by atoms with van der Waals surface area (Å²) in [7, 11) is -3.31. The van der Waals surface area contributed by atoms with Crippen LogP contribution in [0.1, 0.15) is 50.1 Å². The molecule has 1 aliphatic heterocycles. The Balaban J connectivity index is 1.42. The predicted molar refractivity (Wildman–Crippen MR) is 130 cm³/mol. The number of nitrogens with one attached hydrogen (secondary N) is 2. The molecule has 1 saturated heterocycles. The van der Waals surface area contributed by atoms with Gasteiger partial charge in [0, 0.05) is 25.0 Å². The lowest BCUT2D eigenvalue weighted by molar-refractivity contribution is 0.277. The van der Waals surface area contributed by atoms with E-state index >= 15 is 0 Å². The average Bonchev–Trinajstić information content (AvgIpc) is 3.50. The number of fused-ring (bicyclic) bond motifs is 1. The number of aromatic nitrogens is 3. The molecule has 3 heterocycles. The van der Waals surface area contributed by atoms with Crippen LogP contribution in [0.3, 0.4) is 0 Å². The summed E-state index contributed by atoms with van der Waals surface area (Å²) in [6, 6.07) is 11.3. The number of aromatic amines is 1. The minimum absolute atomic E-state index is 0.0261. The number of pyridine rings is 1. The molecule has 0 spiro atoms. The predicted octanol–water partition coefficient (Wildman–Crippen LogP) is 3.65. The first kappa shape index (κ1) is 22.6. The molecule has 0 amide bonds. The van der Waals surface area contributed by atoms with Crippen LogP contribution >= 0.6 is 0 Å². The molecule has 1 aliphatic carbocycles. The van der Waals surface area contributed by atoms with Gasteiger partial charge in [-0.2, -0.15) is 10.4 Å². The molecule has 0 radical (unpaired) electrons. The molecule has 2 atom stereocenters. The van der Waals surface area contributed by atoms with Crippen LogP contribution in [-0.2, 0) is 15.8 Å². The van der Waals surface area contributed by atoms with Gasteiger partial charge in [0.25, 0.3) is 5.56 Å². The maximum absolute atomic E-state index is 12.7. The molecule has 2 aromatic heterocycles. The molecule has 10 heteroatoms. The van der Waals surface area contributed by atoms with Gasteiger partial charge in [-0.25, -0.2) is 12.7 Å². The topological polar surface area (TPSA) is 124 Å². The summed E-state index contributed by atoms with van der Waals surface area (Å²) in [5.74, 6) is 0.263. The summed E-state index contributed by atoms with van der Waals surface area (Å²) in [6.45, 7) is 1.19. The van der Waals surface area contributed by atoms with Gasteiger partial charge in [0.05, 0.1) is 29.3 Å². The summed E-state index contributed by atoms with van der Waals surface area (Å²) in [6.07, 6.45) is 7.16. The van der Waals surface area contributed by atoms with Crippen molar-refractivity contribution in [1.29, 1.82) is 5.26 Å². The number of nitrogens with zero attached hydrogens (tertiary/aromatic N) is 4. The number of benzene rings is 1. The second-order valence-corrected chi connectivity index (χ2v) is 11.1. The second-order valence-electron chi connectivity index (χ2n) is 9.13. The molecule has 9 nitrogen and oxygen atoms in total. The van der Waals surface area contributed by atoms with Gasteiger partial charge in [0.1, 0.15) is 5.39 Å². The van der Waals surface area contributed by atoms with Gasteiger partial charge in [0.15, 0.2) is 5.82 Å². The highest BCUT2D eigenvalue weighted by molar-refractivity contribution is 7.88. The van der Waals surface area contributed by atoms with Crippen LogP contribution in [0.4, 0.5) is 11.5 Å². The molecule has 3 aromatic rings. The van der Waals surface area contributed by atoms with Crippen LogP contribution in [0.25, 0.3) is 10.9 Å². The zero-order chi connectivity index (χ0) is 23.7. The van der Waals surface area contributed by atoms with E-state index in [2.05, 4.69) is 16.4 Å². The van der Waals surface area contributed by atoms with Gasteiger partial charge in [-0.3, -0.25) is 9.48 Å². The molecular formula is C24H28N6O3S. The molecule has 0 bridgehead atoms. The van der Waals surface area contributed by atoms with E-state index in [4.69, 9.17) is 5.10 Å². The molecule has 1 saturated carbocycles. The summed E-state index contributed by atoms with van der Waals surface area (Å²) in [5, 5.41) is 18.1. The Kier molecular flexibility index (Phi) is 6.15. The van der Waals surface area contributed by atoms with Crippen molar-refractivity contribution in [3.8, 4) is 6.07 Å². The SMILES string of the molecule is N#C[C@@H]1CCCC[C@H]1n1nc(Nc2ccc(CS(=O)(=O)N3CCCC3)cc2)c2c(=O)[nH]ccc21. The Morgan fingerprint density at radius 3 is 2.56 bits per heavy atom. The zero-order valence-electron chi connectivity index (χ0n) is 18.9. The van der Waals surface area contributed by atoms with Crippen molar-refractivity contribution < 1.29 is 8.42 Å². The third-order valence-corrected chi connectivity index (χ3v) is 8.71. The number of sulfonamides is 1. The number of anilines is 2. The van der Waals surface area contributed by atoms with Crippen molar-refractivity contribution in [3.63, 3.8) is 0 Å². The van der Waals surface area contributed by atoms with Crippen LogP contribution in [0.15, 0.2) is 41.3 Å². The van der Waals surface area contributed by atoms with Gasteiger partial charge in [0.2, 0.25) is 10.0 Å². The Morgan fingerprint density at radius 1 is 1.09 bits per heavy atom. The smallest absolute Gasteiger partial charge is 0.261 e. The number of hydrogen-bond acceptors (Lipinski definition) is 6. The Bertz CT molecular complexity index is 1380. The maximum atomic E-state index is 12.7. The highest BCUT2D eigenvalue weighted by atomic mass is 32.2. The van der Waals surface area contributed by atoms with Gasteiger partial charge in [-0.15, -0.1) is 0 Å². The maximum Gasteiger partial charge on any atom is 0.261 e. The number of nitriles is 1. The third kappa shape index (κ3) is 4.33. The lowest BCUT2D eigenvalue weighted by Gasteiger charge is -2.27. The number of hydrogen-bond donors (Lipinski definition) is 2. The van der Waals surface area contributed by atoms with E-state index in [1.807, 2.05) is 10.7 Å². The fourth-order valence-electron chi connectivity index (χ4n) is 5.08. The largest absolute Gasteiger partial charge is 0.338 e. The standard InChI is InChI=1S/C24H28N6O3S/c25-15-18-5-1-2-6-20(18)30-21-11-12-26-24(31)22(21)23(28-30)27-19-9-7-17(8-10-19)16-34(32,33)29-13-3-4-14-29/h7-12,18,20H,1-6,13-14,16H2,(H,26,31)(H,27,28)/t18-,20+/m0/s1. The first-order chi connectivity index (χ1) is 16.5. The van der Waals surface area contributed by atoms with Gasteiger partial charge < -0.3 is 10.3 Å². The summed E-state index contributed by atoms with van der Waals surface area (Å²) < 4.78 is 28.6. The molecule has 2 fully saturated rings. The van der Waals surface area contributed by atoms with Gasteiger partial charge in [-0.05, 0) is 49.4 Å². The van der Waals surface area contributed by atoms with E-state index in [1.165, 1.54) is 0 Å². The number of rotatable bonds is 6. The Labute approximate surface area is 198 Å². The number of H-pyrrole nitrogens is 1. The fourth-order valence-corrected chi connectivity index (χ4v) is 6.69. The monoisotopic (exact) mass is 480 g/mol. The van der Waals surface area contributed by atoms with Crippen LogP contribution in [0.5, 0.6) is 0 Å². The van der Waals surface area contributed by atoms with E-state index in [0.717, 1.165) is 38.5 Å². The van der Waals surface area contributed by atoms with Crippen molar-refractivity contribution in [3.05, 3.63) is 52.4 Å². The van der Waals surface area contributed by atoms with Crippen molar-refractivity contribution in [2.75, 3.05) is 18.4 Å². The molecule has 2 N–H and O–H groups in total. The van der Waals surface area contributed by atoms with Crippen LogP contribution < -0.4 is 10.9 Å². The zero-order valence-corrected chi connectivity index (χ0v) is 19.7. The highest BCUT2D eigenvalue weighted by Crippen LogP contribution is 2.36. The van der Waals surface area contributed by atoms with Gasteiger partial charge in [-0.1, -0.05) is 25.0 Å². The van der Waals surface area contributed by atoms with Crippen molar-refractivity contribution in [2.24, 2.45) is 5.92 Å². The van der Waals surface area contributed by atoms with Gasteiger partial charge >= 0.3 is 0 Å². The second kappa shape index (κ2) is 9.24. The summed E-state index contributed by atoms with van der Waals surface area (Å²) in [5.41, 5.74) is 1.87. The molecule has 1 aromatic carbocycles. The van der Waals surface area contributed by atoms with E-state index in [-0.39, 0.29) is 23.3 Å². The molecule has 0 unspecified atom stereocenters.